The Kier molecular flexibility index (Phi) is 3.70. The summed E-state index contributed by atoms with van der Waals surface area (Å²) in [5, 5.41) is 5.19. The molecule has 1 heterocycles. The predicted octanol–water partition coefficient (Wildman–Crippen LogP) is 4.10. The smallest absolute Gasteiger partial charge is 0.132 e. The molecule has 20 heavy (non-hydrogen) atoms. The van der Waals surface area contributed by atoms with Crippen LogP contribution in [0.4, 0.5) is 0 Å². The van der Waals surface area contributed by atoms with Gasteiger partial charge >= 0.3 is 0 Å². The fraction of sp³-hybridized carbons (Fsp3) is 0.0625. The van der Waals surface area contributed by atoms with Gasteiger partial charge in [0.1, 0.15) is 18.1 Å². The van der Waals surface area contributed by atoms with Crippen LogP contribution < -0.4 is 4.74 Å². The average molecular weight is 285 g/mol. The topological polar surface area (TPSA) is 27.1 Å². The first-order valence-electron chi connectivity index (χ1n) is 6.29. The van der Waals surface area contributed by atoms with Gasteiger partial charge in [-0.25, -0.2) is 4.68 Å². The average Bonchev–Trinajstić information content (AvgIpc) is 2.96. The van der Waals surface area contributed by atoms with Crippen molar-refractivity contribution in [3.8, 4) is 11.4 Å². The van der Waals surface area contributed by atoms with Gasteiger partial charge in [0.2, 0.25) is 0 Å². The highest BCUT2D eigenvalue weighted by Crippen LogP contribution is 2.14. The van der Waals surface area contributed by atoms with Gasteiger partial charge < -0.3 is 4.74 Å². The third-order valence-electron chi connectivity index (χ3n) is 2.87. The van der Waals surface area contributed by atoms with Crippen molar-refractivity contribution in [1.29, 1.82) is 0 Å². The maximum absolute atomic E-state index is 5.87. The summed E-state index contributed by atoms with van der Waals surface area (Å²) in [5.41, 5.74) is 1.85. The maximum atomic E-state index is 5.87. The summed E-state index contributed by atoms with van der Waals surface area (Å²) in [5.74, 6) is 0.841. The van der Waals surface area contributed by atoms with Gasteiger partial charge in [0.15, 0.2) is 0 Å². The molecule has 0 unspecified atom stereocenters. The second kappa shape index (κ2) is 5.80. The number of nitrogens with zero attached hydrogens (tertiary/aromatic N) is 2. The van der Waals surface area contributed by atoms with Crippen LogP contribution >= 0.6 is 11.6 Å². The first-order valence-corrected chi connectivity index (χ1v) is 6.67. The summed E-state index contributed by atoms with van der Waals surface area (Å²) in [4.78, 5) is 0. The van der Waals surface area contributed by atoms with Crippen LogP contribution in [-0.4, -0.2) is 9.78 Å². The molecule has 0 saturated heterocycles. The SMILES string of the molecule is Clc1ccc(-n2ccc(COc3ccccc3)n2)cc1. The van der Waals surface area contributed by atoms with Crippen molar-refractivity contribution < 1.29 is 4.74 Å². The second-order valence-electron chi connectivity index (χ2n) is 4.33. The second-order valence-corrected chi connectivity index (χ2v) is 4.77. The predicted molar refractivity (Wildman–Crippen MR) is 79.3 cm³/mol. The van der Waals surface area contributed by atoms with Crippen molar-refractivity contribution >= 4 is 11.6 Å². The molecule has 3 rings (SSSR count). The molecular weight excluding hydrogens is 272 g/mol. The summed E-state index contributed by atoms with van der Waals surface area (Å²) >= 11 is 5.87. The van der Waals surface area contributed by atoms with E-state index in [-0.39, 0.29) is 0 Å². The Balaban J connectivity index is 1.69. The molecule has 1 aromatic heterocycles. The van der Waals surface area contributed by atoms with E-state index < -0.39 is 0 Å². The summed E-state index contributed by atoms with van der Waals surface area (Å²) in [6.45, 7) is 0.449. The number of benzene rings is 2. The van der Waals surface area contributed by atoms with Crippen LogP contribution in [0.5, 0.6) is 5.75 Å². The van der Waals surface area contributed by atoms with Crippen LogP contribution in [0, 0.1) is 0 Å². The third-order valence-corrected chi connectivity index (χ3v) is 3.12. The third kappa shape index (κ3) is 3.00. The molecule has 0 aliphatic heterocycles. The molecule has 3 aromatic rings. The van der Waals surface area contributed by atoms with Gasteiger partial charge in [0, 0.05) is 11.2 Å². The number of ether oxygens (including phenoxy) is 1. The first kappa shape index (κ1) is 12.8. The Morgan fingerprint density at radius 1 is 0.950 bits per heavy atom. The molecule has 0 bridgehead atoms. The van der Waals surface area contributed by atoms with E-state index in [2.05, 4.69) is 5.10 Å². The van der Waals surface area contributed by atoms with Gasteiger partial charge in [0.25, 0.3) is 0 Å². The molecule has 0 radical (unpaired) electrons. The lowest BCUT2D eigenvalue weighted by Gasteiger charge is -2.03. The largest absolute Gasteiger partial charge is 0.487 e. The molecule has 0 aliphatic carbocycles. The Hall–Kier alpha value is -2.26. The van der Waals surface area contributed by atoms with Crippen LogP contribution in [0.3, 0.4) is 0 Å². The van der Waals surface area contributed by atoms with Gasteiger partial charge in [-0.2, -0.15) is 5.10 Å². The lowest BCUT2D eigenvalue weighted by Crippen LogP contribution is -1.99. The monoisotopic (exact) mass is 284 g/mol. The van der Waals surface area contributed by atoms with Crippen LogP contribution in [0.15, 0.2) is 66.9 Å². The minimum atomic E-state index is 0.449. The Labute approximate surface area is 122 Å². The van der Waals surface area contributed by atoms with Crippen LogP contribution in [0.1, 0.15) is 5.69 Å². The van der Waals surface area contributed by atoms with Gasteiger partial charge in [-0.05, 0) is 42.5 Å². The minimum Gasteiger partial charge on any atom is -0.487 e. The number of para-hydroxylation sites is 1. The molecule has 0 saturated carbocycles. The maximum Gasteiger partial charge on any atom is 0.132 e. The zero-order valence-corrected chi connectivity index (χ0v) is 11.5. The highest BCUT2D eigenvalue weighted by atomic mass is 35.5. The van der Waals surface area contributed by atoms with Crippen molar-refractivity contribution in [2.75, 3.05) is 0 Å². The van der Waals surface area contributed by atoms with Crippen molar-refractivity contribution in [1.82, 2.24) is 9.78 Å². The molecule has 4 heteroatoms. The normalized spacial score (nSPS) is 10.4. The summed E-state index contributed by atoms with van der Waals surface area (Å²) in [6, 6.07) is 19.2. The van der Waals surface area contributed by atoms with E-state index in [0.29, 0.717) is 11.6 Å². The van der Waals surface area contributed by atoms with E-state index in [9.17, 15) is 0 Å². The van der Waals surface area contributed by atoms with Crippen molar-refractivity contribution in [2.45, 2.75) is 6.61 Å². The molecule has 0 N–H and O–H groups in total. The Morgan fingerprint density at radius 2 is 1.70 bits per heavy atom. The van der Waals surface area contributed by atoms with Gasteiger partial charge in [-0.3, -0.25) is 0 Å². The minimum absolute atomic E-state index is 0.449. The van der Waals surface area contributed by atoms with Crippen molar-refractivity contribution in [3.63, 3.8) is 0 Å². The molecular formula is C16H13ClN2O. The number of halogens is 1. The van der Waals surface area contributed by atoms with Crippen molar-refractivity contribution in [2.24, 2.45) is 0 Å². The van der Waals surface area contributed by atoms with Gasteiger partial charge in [-0.15, -0.1) is 0 Å². The molecule has 0 amide bonds. The molecule has 0 spiro atoms. The van der Waals surface area contributed by atoms with E-state index in [1.165, 1.54) is 0 Å². The molecule has 0 fully saturated rings. The van der Waals surface area contributed by atoms with Crippen LogP contribution in [-0.2, 0) is 6.61 Å². The van der Waals surface area contributed by atoms with E-state index >= 15 is 0 Å². The highest BCUT2D eigenvalue weighted by molar-refractivity contribution is 6.30. The standard InChI is InChI=1S/C16H13ClN2O/c17-13-6-8-15(9-7-13)19-11-10-14(18-19)12-20-16-4-2-1-3-5-16/h1-11H,12H2. The molecule has 0 aliphatic rings. The Morgan fingerprint density at radius 3 is 2.45 bits per heavy atom. The summed E-state index contributed by atoms with van der Waals surface area (Å²) in [7, 11) is 0. The van der Waals surface area contributed by atoms with Crippen LogP contribution in [0.25, 0.3) is 5.69 Å². The highest BCUT2D eigenvalue weighted by Gasteiger charge is 2.02. The van der Waals surface area contributed by atoms with Gasteiger partial charge in [0.05, 0.1) is 5.69 Å². The number of hydrogen-bond donors (Lipinski definition) is 0. The quantitative estimate of drug-likeness (QED) is 0.721. The lowest BCUT2D eigenvalue weighted by atomic mass is 10.3. The van der Waals surface area contributed by atoms with E-state index in [4.69, 9.17) is 16.3 Å². The molecule has 0 atom stereocenters. The summed E-state index contributed by atoms with van der Waals surface area (Å²) < 4.78 is 7.47. The van der Waals surface area contributed by atoms with E-state index in [1.54, 1.807) is 4.68 Å². The fourth-order valence-electron chi connectivity index (χ4n) is 1.85. The van der Waals surface area contributed by atoms with E-state index in [1.807, 2.05) is 66.9 Å². The van der Waals surface area contributed by atoms with Gasteiger partial charge in [-0.1, -0.05) is 29.8 Å². The number of aromatic nitrogens is 2. The fourth-order valence-corrected chi connectivity index (χ4v) is 1.98. The van der Waals surface area contributed by atoms with E-state index in [0.717, 1.165) is 17.1 Å². The zero-order chi connectivity index (χ0) is 13.8. The lowest BCUT2D eigenvalue weighted by molar-refractivity contribution is 0.300. The van der Waals surface area contributed by atoms with Crippen molar-refractivity contribution in [3.05, 3.63) is 77.6 Å². The number of hydrogen-bond acceptors (Lipinski definition) is 2. The number of rotatable bonds is 4. The molecule has 3 nitrogen and oxygen atoms in total. The Bertz CT molecular complexity index is 677. The van der Waals surface area contributed by atoms with Crippen LogP contribution in [0.2, 0.25) is 5.02 Å². The molecule has 100 valence electrons. The zero-order valence-electron chi connectivity index (χ0n) is 10.7. The molecule has 2 aromatic carbocycles. The first-order chi connectivity index (χ1) is 9.81. The summed E-state index contributed by atoms with van der Waals surface area (Å²) in [6.07, 6.45) is 1.91.